The molecule has 0 bridgehead atoms. The third-order valence-electron chi connectivity index (χ3n) is 7.20. The average molecular weight is 634 g/mol. The summed E-state index contributed by atoms with van der Waals surface area (Å²) in [7, 11) is -2.75. The number of methoxy groups -OCH3 is 1. The molecule has 44 heavy (non-hydrogen) atoms. The first kappa shape index (κ1) is 31.1. The first-order chi connectivity index (χ1) is 21.3. The summed E-state index contributed by atoms with van der Waals surface area (Å²) in [5, 5.41) is 3.02. The van der Waals surface area contributed by atoms with Gasteiger partial charge in [-0.05, 0) is 47.9 Å². The van der Waals surface area contributed by atoms with E-state index >= 15 is 0 Å². The predicted octanol–water partition coefficient (Wildman–Crippen LogP) is 4.69. The lowest BCUT2D eigenvalue weighted by molar-refractivity contribution is -0.128. The molecule has 0 radical (unpaired) electrons. The van der Waals surface area contributed by atoms with Gasteiger partial charge in [-0.2, -0.15) is 4.31 Å². The van der Waals surface area contributed by atoms with Crippen LogP contribution >= 0.6 is 11.6 Å². The Hall–Kier alpha value is -4.38. The van der Waals surface area contributed by atoms with Gasteiger partial charge in [0.2, 0.25) is 15.9 Å². The van der Waals surface area contributed by atoms with Gasteiger partial charge in [0.05, 0.1) is 35.8 Å². The molecule has 228 valence electrons. The van der Waals surface area contributed by atoms with Crippen LogP contribution in [0.4, 0.5) is 5.69 Å². The smallest absolute Gasteiger partial charge is 0.262 e. The molecule has 0 unspecified atom stereocenters. The number of ether oxygens (including phenoxy) is 2. The molecule has 11 heteroatoms. The van der Waals surface area contributed by atoms with E-state index in [0.29, 0.717) is 35.7 Å². The number of nitrogens with one attached hydrogen (secondary N) is 1. The van der Waals surface area contributed by atoms with Crippen LogP contribution in [0.25, 0.3) is 0 Å². The molecule has 1 aliphatic heterocycles. The van der Waals surface area contributed by atoms with Gasteiger partial charge in [-0.1, -0.05) is 84.4 Å². The summed E-state index contributed by atoms with van der Waals surface area (Å²) in [5.74, 6) is -0.194. The SMILES string of the molecule is COc1ccc(S(=O)(=O)N(CC(=O)N2C[C@@H](C(=O)NCCc3ccccc3)Oc3ccccc32)Cc2ccccc2)cc1Cl. The van der Waals surface area contributed by atoms with Gasteiger partial charge < -0.3 is 19.7 Å². The second-order valence-electron chi connectivity index (χ2n) is 10.2. The fourth-order valence-corrected chi connectivity index (χ4v) is 6.63. The lowest BCUT2D eigenvalue weighted by atomic mass is 10.1. The predicted molar refractivity (Wildman–Crippen MR) is 168 cm³/mol. The number of anilines is 1. The van der Waals surface area contributed by atoms with Crippen LogP contribution in [0.1, 0.15) is 11.1 Å². The first-order valence-corrected chi connectivity index (χ1v) is 15.8. The summed E-state index contributed by atoms with van der Waals surface area (Å²) in [5.41, 5.74) is 2.23. The number of benzene rings is 4. The van der Waals surface area contributed by atoms with Crippen molar-refractivity contribution in [3.63, 3.8) is 0 Å². The minimum atomic E-state index is -4.19. The van der Waals surface area contributed by atoms with Crippen molar-refractivity contribution < 1.29 is 27.5 Å². The number of halogens is 1. The Morgan fingerprint density at radius 2 is 1.61 bits per heavy atom. The Kier molecular flexibility index (Phi) is 9.84. The standard InChI is InChI=1S/C33H32ClN3O6S/c1-42-29-17-16-26(20-27(29)34)44(40,41)36(21-25-12-6-3-7-13-25)23-32(38)37-22-31(43-30-15-9-8-14-28(30)37)33(39)35-19-18-24-10-4-2-5-11-24/h2-17,20,31H,18-19,21-23H2,1H3,(H,35,39)/t31-/m0/s1. The fourth-order valence-electron chi connectivity index (χ4n) is 4.90. The number of carbonyl (C=O) groups is 2. The van der Waals surface area contributed by atoms with E-state index in [9.17, 15) is 18.0 Å². The Morgan fingerprint density at radius 3 is 2.30 bits per heavy atom. The molecule has 4 aromatic carbocycles. The number of hydrogen-bond donors (Lipinski definition) is 1. The number of para-hydroxylation sites is 2. The molecule has 5 rings (SSSR count). The van der Waals surface area contributed by atoms with Crippen LogP contribution in [0.2, 0.25) is 5.02 Å². The van der Waals surface area contributed by atoms with Crippen LogP contribution in [0.3, 0.4) is 0 Å². The topological polar surface area (TPSA) is 105 Å². The zero-order valence-corrected chi connectivity index (χ0v) is 25.6. The van der Waals surface area contributed by atoms with Gasteiger partial charge in [0.1, 0.15) is 11.5 Å². The number of hydrogen-bond acceptors (Lipinski definition) is 6. The zero-order valence-electron chi connectivity index (χ0n) is 24.1. The van der Waals surface area contributed by atoms with Crippen molar-refractivity contribution in [2.75, 3.05) is 31.6 Å². The third kappa shape index (κ3) is 7.21. The van der Waals surface area contributed by atoms with Crippen LogP contribution in [0.5, 0.6) is 11.5 Å². The van der Waals surface area contributed by atoms with Crippen molar-refractivity contribution in [2.45, 2.75) is 24.0 Å². The number of nitrogens with zero attached hydrogens (tertiary/aromatic N) is 2. The lowest BCUT2D eigenvalue weighted by Gasteiger charge is -2.35. The summed E-state index contributed by atoms with van der Waals surface area (Å²) in [4.78, 5) is 28.4. The second kappa shape index (κ2) is 13.9. The molecular formula is C33H32ClN3O6S. The number of fused-ring (bicyclic) bond motifs is 1. The van der Waals surface area contributed by atoms with Gasteiger partial charge >= 0.3 is 0 Å². The van der Waals surface area contributed by atoms with Crippen molar-refractivity contribution >= 4 is 39.1 Å². The highest BCUT2D eigenvalue weighted by molar-refractivity contribution is 7.89. The normalized spacial score (nSPS) is 14.4. The van der Waals surface area contributed by atoms with Gasteiger partial charge in [0.25, 0.3) is 5.91 Å². The lowest BCUT2D eigenvalue weighted by Crippen LogP contribution is -2.53. The van der Waals surface area contributed by atoms with Gasteiger partial charge in [0, 0.05) is 13.1 Å². The van der Waals surface area contributed by atoms with Gasteiger partial charge in [-0.25, -0.2) is 8.42 Å². The molecule has 0 aliphatic carbocycles. The summed E-state index contributed by atoms with van der Waals surface area (Å²) in [6, 6.07) is 29.8. The van der Waals surface area contributed by atoms with Crippen LogP contribution < -0.4 is 19.7 Å². The summed E-state index contributed by atoms with van der Waals surface area (Å²) in [6.07, 6.45) is -0.343. The average Bonchev–Trinajstić information content (AvgIpc) is 3.04. The van der Waals surface area contributed by atoms with E-state index in [-0.39, 0.29) is 28.9 Å². The molecule has 1 N–H and O–H groups in total. The molecule has 1 aliphatic rings. The van der Waals surface area contributed by atoms with Crippen molar-refractivity contribution in [1.82, 2.24) is 9.62 Å². The van der Waals surface area contributed by atoms with Crippen LogP contribution in [-0.4, -0.2) is 57.4 Å². The van der Waals surface area contributed by atoms with Crippen LogP contribution in [-0.2, 0) is 32.6 Å². The molecular weight excluding hydrogens is 602 g/mol. The highest BCUT2D eigenvalue weighted by atomic mass is 35.5. The summed E-state index contributed by atoms with van der Waals surface area (Å²) < 4.78 is 40.1. The molecule has 0 aromatic heterocycles. The zero-order chi connectivity index (χ0) is 31.1. The molecule has 9 nitrogen and oxygen atoms in total. The molecule has 2 amide bonds. The van der Waals surface area contributed by atoms with Gasteiger partial charge in [-0.15, -0.1) is 0 Å². The monoisotopic (exact) mass is 633 g/mol. The Morgan fingerprint density at radius 1 is 0.955 bits per heavy atom. The number of amides is 2. The van der Waals surface area contributed by atoms with Crippen molar-refractivity contribution in [1.29, 1.82) is 0 Å². The molecule has 1 heterocycles. The Labute approximate surface area is 262 Å². The van der Waals surface area contributed by atoms with Crippen molar-refractivity contribution in [3.05, 3.63) is 119 Å². The molecule has 0 fully saturated rings. The second-order valence-corrected chi connectivity index (χ2v) is 12.5. The fraction of sp³-hybridized carbons (Fsp3) is 0.212. The first-order valence-electron chi connectivity index (χ1n) is 14.0. The maximum atomic E-state index is 14.0. The minimum absolute atomic E-state index is 0.0616. The molecule has 0 spiro atoms. The maximum Gasteiger partial charge on any atom is 0.262 e. The molecule has 0 saturated heterocycles. The van der Waals surface area contributed by atoms with E-state index in [4.69, 9.17) is 21.1 Å². The largest absolute Gasteiger partial charge is 0.495 e. The van der Waals surface area contributed by atoms with E-state index in [1.165, 1.54) is 30.2 Å². The maximum absolute atomic E-state index is 14.0. The Balaban J connectivity index is 1.38. The van der Waals surface area contributed by atoms with Crippen molar-refractivity contribution in [3.8, 4) is 11.5 Å². The quantitative estimate of drug-likeness (QED) is 0.257. The van der Waals surface area contributed by atoms with E-state index in [2.05, 4.69) is 5.32 Å². The van der Waals surface area contributed by atoms with Crippen LogP contribution in [0, 0.1) is 0 Å². The highest BCUT2D eigenvalue weighted by Crippen LogP contribution is 2.34. The van der Waals surface area contributed by atoms with E-state index in [1.54, 1.807) is 48.5 Å². The molecule has 1 atom stereocenters. The Bertz CT molecular complexity index is 1720. The van der Waals surface area contributed by atoms with Gasteiger partial charge in [0.15, 0.2) is 6.10 Å². The van der Waals surface area contributed by atoms with Crippen molar-refractivity contribution in [2.24, 2.45) is 0 Å². The third-order valence-corrected chi connectivity index (χ3v) is 9.28. The number of rotatable bonds is 11. The minimum Gasteiger partial charge on any atom is -0.495 e. The van der Waals surface area contributed by atoms with E-state index < -0.39 is 28.6 Å². The van der Waals surface area contributed by atoms with Gasteiger partial charge in [-0.3, -0.25) is 9.59 Å². The van der Waals surface area contributed by atoms with E-state index in [1.807, 2.05) is 36.4 Å². The van der Waals surface area contributed by atoms with Crippen LogP contribution in [0.15, 0.2) is 108 Å². The summed E-state index contributed by atoms with van der Waals surface area (Å²) >= 11 is 6.27. The summed E-state index contributed by atoms with van der Waals surface area (Å²) in [6.45, 7) is -0.238. The highest BCUT2D eigenvalue weighted by Gasteiger charge is 2.36. The molecule has 4 aromatic rings. The van der Waals surface area contributed by atoms with E-state index in [0.717, 1.165) is 9.87 Å². The molecule has 0 saturated carbocycles. The number of carbonyl (C=O) groups excluding carboxylic acids is 2. The number of sulfonamides is 1.